The molecule has 2 aromatic rings. The van der Waals surface area contributed by atoms with E-state index >= 15 is 0 Å². The van der Waals surface area contributed by atoms with Crippen LogP contribution in [0.3, 0.4) is 0 Å². The Labute approximate surface area is 116 Å². The number of nitrogens with zero attached hydrogens (tertiary/aromatic N) is 2. The van der Waals surface area contributed by atoms with Crippen molar-refractivity contribution >= 4 is 29.1 Å². The second kappa shape index (κ2) is 6.61. The van der Waals surface area contributed by atoms with E-state index in [1.807, 2.05) is 24.4 Å². The number of halogens is 1. The van der Waals surface area contributed by atoms with Gasteiger partial charge in [-0.05, 0) is 31.2 Å². The molecule has 0 spiro atoms. The zero-order valence-electron chi connectivity index (χ0n) is 10.1. The van der Waals surface area contributed by atoms with Gasteiger partial charge >= 0.3 is 0 Å². The number of rotatable bonds is 5. The lowest BCUT2D eigenvalue weighted by molar-refractivity contribution is 1.11. The summed E-state index contributed by atoms with van der Waals surface area (Å²) >= 11 is 7.44. The molecule has 0 aliphatic rings. The molecule has 3 nitrogen and oxygen atoms in total. The molecule has 5 heteroatoms. The molecule has 0 aliphatic carbocycles. The predicted molar refractivity (Wildman–Crippen MR) is 77.2 cm³/mol. The smallest absolute Gasteiger partial charge is 0.0964 e. The second-order valence-corrected chi connectivity index (χ2v) is 5.10. The predicted octanol–water partition coefficient (Wildman–Crippen LogP) is 3.85. The van der Waals surface area contributed by atoms with Crippen LogP contribution in [0.2, 0.25) is 5.02 Å². The van der Waals surface area contributed by atoms with Crippen molar-refractivity contribution in [1.82, 2.24) is 9.97 Å². The van der Waals surface area contributed by atoms with Crippen LogP contribution < -0.4 is 5.32 Å². The number of hydrogen-bond acceptors (Lipinski definition) is 4. The zero-order valence-corrected chi connectivity index (χ0v) is 11.6. The van der Waals surface area contributed by atoms with Crippen LogP contribution in [-0.4, -0.2) is 16.5 Å². The minimum atomic E-state index is 0.659. The van der Waals surface area contributed by atoms with Crippen molar-refractivity contribution in [3.63, 3.8) is 0 Å². The summed E-state index contributed by atoms with van der Waals surface area (Å²) in [6.45, 7) is 2.99. The largest absolute Gasteiger partial charge is 0.385 e. The Bertz CT molecular complexity index is 502. The average Bonchev–Trinajstić information content (AvgIpc) is 2.39. The lowest BCUT2D eigenvalue weighted by atomic mass is 10.3. The molecule has 1 N–H and O–H groups in total. The van der Waals surface area contributed by atoms with E-state index in [2.05, 4.69) is 28.3 Å². The molecule has 0 bridgehead atoms. The van der Waals surface area contributed by atoms with Crippen LogP contribution in [0, 0.1) is 0 Å². The van der Waals surface area contributed by atoms with Gasteiger partial charge in [0.15, 0.2) is 0 Å². The molecule has 2 rings (SSSR count). The first-order valence-corrected chi connectivity index (χ1v) is 7.07. The topological polar surface area (TPSA) is 37.8 Å². The maximum atomic E-state index is 5.79. The number of anilines is 1. The number of hydrogen-bond donors (Lipinski definition) is 1. The highest BCUT2D eigenvalue weighted by atomic mass is 35.5. The highest BCUT2D eigenvalue weighted by molar-refractivity contribution is 7.98. The average molecular weight is 280 g/mol. The highest BCUT2D eigenvalue weighted by Gasteiger charge is 2.00. The number of thioether (sulfide) groups is 1. The molecule has 0 saturated heterocycles. The summed E-state index contributed by atoms with van der Waals surface area (Å²) in [5.41, 5.74) is 2.14. The summed E-state index contributed by atoms with van der Waals surface area (Å²) in [6, 6.07) is 7.80. The molecule has 0 aliphatic heterocycles. The minimum absolute atomic E-state index is 0.659. The molecule has 0 atom stereocenters. The van der Waals surface area contributed by atoms with Gasteiger partial charge in [0.1, 0.15) is 0 Å². The van der Waals surface area contributed by atoms with Crippen LogP contribution in [0.15, 0.2) is 41.7 Å². The van der Waals surface area contributed by atoms with Gasteiger partial charge in [-0.3, -0.25) is 4.98 Å². The quantitative estimate of drug-likeness (QED) is 0.844. The van der Waals surface area contributed by atoms with E-state index in [0.717, 1.165) is 28.7 Å². The van der Waals surface area contributed by atoms with Gasteiger partial charge in [0.05, 0.1) is 15.7 Å². The lowest BCUT2D eigenvalue weighted by Crippen LogP contribution is -1.98. The normalized spacial score (nSPS) is 10.3. The fourth-order valence-electron chi connectivity index (χ4n) is 1.47. The van der Waals surface area contributed by atoms with Crippen molar-refractivity contribution in [3.05, 3.63) is 47.4 Å². The SMILES string of the molecule is CCNc1ccnc(CSc2ccc(Cl)cn2)c1. The van der Waals surface area contributed by atoms with Gasteiger partial charge in [0, 0.05) is 30.4 Å². The second-order valence-electron chi connectivity index (χ2n) is 3.67. The molecule has 0 aromatic carbocycles. The van der Waals surface area contributed by atoms with Crippen molar-refractivity contribution < 1.29 is 0 Å². The van der Waals surface area contributed by atoms with Gasteiger partial charge in [-0.1, -0.05) is 11.6 Å². The molecule has 94 valence electrons. The van der Waals surface area contributed by atoms with E-state index in [0.29, 0.717) is 5.02 Å². The number of nitrogens with one attached hydrogen (secondary N) is 1. The molecule has 18 heavy (non-hydrogen) atoms. The summed E-state index contributed by atoms with van der Waals surface area (Å²) < 4.78 is 0. The molecule has 0 amide bonds. The standard InChI is InChI=1S/C13H14ClN3S/c1-2-15-11-5-6-16-12(7-11)9-18-13-4-3-10(14)8-17-13/h3-8H,2,9H2,1H3,(H,15,16). The summed E-state index contributed by atoms with van der Waals surface area (Å²) in [4.78, 5) is 8.58. The summed E-state index contributed by atoms with van der Waals surface area (Å²) in [5, 5.41) is 4.88. The first kappa shape index (κ1) is 13.2. The van der Waals surface area contributed by atoms with E-state index in [9.17, 15) is 0 Å². The van der Waals surface area contributed by atoms with Crippen molar-refractivity contribution in [2.24, 2.45) is 0 Å². The van der Waals surface area contributed by atoms with E-state index in [-0.39, 0.29) is 0 Å². The summed E-state index contributed by atoms with van der Waals surface area (Å²) in [5.74, 6) is 0.799. The maximum absolute atomic E-state index is 5.79. The summed E-state index contributed by atoms with van der Waals surface area (Å²) in [6.07, 6.45) is 3.48. The molecule has 2 aromatic heterocycles. The molecule has 0 saturated carbocycles. The van der Waals surface area contributed by atoms with Crippen molar-refractivity contribution in [2.75, 3.05) is 11.9 Å². The molecule has 0 unspecified atom stereocenters. The van der Waals surface area contributed by atoms with Crippen LogP contribution in [0.25, 0.3) is 0 Å². The Hall–Kier alpha value is -1.26. The first-order valence-electron chi connectivity index (χ1n) is 5.71. The van der Waals surface area contributed by atoms with Gasteiger partial charge in [-0.25, -0.2) is 4.98 Å². The van der Waals surface area contributed by atoms with Gasteiger partial charge < -0.3 is 5.32 Å². The van der Waals surface area contributed by atoms with E-state index in [1.54, 1.807) is 18.0 Å². The van der Waals surface area contributed by atoms with Crippen LogP contribution >= 0.6 is 23.4 Å². The Morgan fingerprint density at radius 1 is 1.28 bits per heavy atom. The molecule has 0 fully saturated rings. The fourth-order valence-corrected chi connectivity index (χ4v) is 2.32. The third kappa shape index (κ3) is 3.89. The first-order chi connectivity index (χ1) is 8.78. The Balaban J connectivity index is 1.97. The Morgan fingerprint density at radius 3 is 2.89 bits per heavy atom. The van der Waals surface area contributed by atoms with Crippen LogP contribution in [0.5, 0.6) is 0 Å². The van der Waals surface area contributed by atoms with E-state index in [4.69, 9.17) is 11.6 Å². The van der Waals surface area contributed by atoms with Crippen LogP contribution in [0.4, 0.5) is 5.69 Å². The van der Waals surface area contributed by atoms with E-state index < -0.39 is 0 Å². The summed E-state index contributed by atoms with van der Waals surface area (Å²) in [7, 11) is 0. The maximum Gasteiger partial charge on any atom is 0.0964 e. The fraction of sp³-hybridized carbons (Fsp3) is 0.231. The van der Waals surface area contributed by atoms with Gasteiger partial charge in [0.25, 0.3) is 0 Å². The van der Waals surface area contributed by atoms with Crippen molar-refractivity contribution in [2.45, 2.75) is 17.7 Å². The molecule has 2 heterocycles. The molecule has 0 radical (unpaired) electrons. The van der Waals surface area contributed by atoms with E-state index in [1.165, 1.54) is 0 Å². The van der Waals surface area contributed by atoms with Crippen molar-refractivity contribution in [3.8, 4) is 0 Å². The lowest BCUT2D eigenvalue weighted by Gasteiger charge is -2.05. The molecular formula is C13H14ClN3S. The third-order valence-corrected chi connectivity index (χ3v) is 3.47. The third-order valence-electron chi connectivity index (χ3n) is 2.27. The van der Waals surface area contributed by atoms with Gasteiger partial charge in [-0.15, -0.1) is 11.8 Å². The monoisotopic (exact) mass is 279 g/mol. The number of aromatic nitrogens is 2. The van der Waals surface area contributed by atoms with Crippen LogP contribution in [-0.2, 0) is 5.75 Å². The zero-order chi connectivity index (χ0) is 12.8. The Kier molecular flexibility index (Phi) is 4.84. The van der Waals surface area contributed by atoms with Gasteiger partial charge in [0.2, 0.25) is 0 Å². The Morgan fingerprint density at radius 2 is 2.17 bits per heavy atom. The highest BCUT2D eigenvalue weighted by Crippen LogP contribution is 2.22. The van der Waals surface area contributed by atoms with Crippen LogP contribution in [0.1, 0.15) is 12.6 Å². The minimum Gasteiger partial charge on any atom is -0.385 e. The van der Waals surface area contributed by atoms with Crippen molar-refractivity contribution in [1.29, 1.82) is 0 Å². The number of pyridine rings is 2. The van der Waals surface area contributed by atoms with Gasteiger partial charge in [-0.2, -0.15) is 0 Å². The molecular weight excluding hydrogens is 266 g/mol.